The first-order valence-corrected chi connectivity index (χ1v) is 13.1. The van der Waals surface area contributed by atoms with Crippen molar-refractivity contribution < 1.29 is 22.1 Å². The molecular formula is C26H28N2O5S2. The Bertz CT molecular complexity index is 1330. The molecule has 2 atom stereocenters. The third kappa shape index (κ3) is 4.58. The average Bonchev–Trinajstić information content (AvgIpc) is 3.08. The lowest BCUT2D eigenvalue weighted by molar-refractivity contribution is -0.131. The highest BCUT2D eigenvalue weighted by Crippen LogP contribution is 2.44. The Balaban J connectivity index is 1.76. The van der Waals surface area contributed by atoms with Crippen LogP contribution in [0.4, 0.5) is 0 Å². The smallest absolute Gasteiger partial charge is 0.311 e. The lowest BCUT2D eigenvalue weighted by atomic mass is 9.72. The highest BCUT2D eigenvalue weighted by atomic mass is 32.2. The maximum Gasteiger partial charge on any atom is 0.311 e. The second-order valence-electron chi connectivity index (χ2n) is 8.87. The number of hydrogen-bond acceptors (Lipinski definition) is 6. The number of hydrogen-bond donors (Lipinski definition) is 1. The molecule has 0 radical (unpaired) electrons. The Kier molecular flexibility index (Phi) is 6.75. The van der Waals surface area contributed by atoms with E-state index < -0.39 is 20.9 Å². The fourth-order valence-corrected chi connectivity index (χ4v) is 5.17. The summed E-state index contributed by atoms with van der Waals surface area (Å²) in [6.45, 7) is 3.10. The number of methoxy groups -OCH3 is 1. The molecule has 0 spiro atoms. The van der Waals surface area contributed by atoms with Gasteiger partial charge in [-0.25, -0.2) is 0 Å². The first-order valence-electron chi connectivity index (χ1n) is 11.2. The second-order valence-corrected chi connectivity index (χ2v) is 11.4. The van der Waals surface area contributed by atoms with Crippen LogP contribution in [0.15, 0.2) is 66.8 Å². The van der Waals surface area contributed by atoms with Crippen LogP contribution in [0.25, 0.3) is 5.57 Å². The number of carbonyl (C=O) groups is 1. The number of amides is 1. The van der Waals surface area contributed by atoms with Gasteiger partial charge in [-0.3, -0.25) is 9.69 Å². The predicted octanol–water partition coefficient (Wildman–Crippen LogP) is 4.01. The van der Waals surface area contributed by atoms with Gasteiger partial charge in [0.2, 0.25) is 0 Å². The second kappa shape index (κ2) is 9.47. The van der Waals surface area contributed by atoms with Crippen molar-refractivity contribution in [2.75, 3.05) is 14.2 Å². The third-order valence-corrected chi connectivity index (χ3v) is 8.36. The minimum atomic E-state index is -3.80. The number of thiocarbonyl (C=S) groups is 1. The molecule has 35 heavy (non-hydrogen) atoms. The van der Waals surface area contributed by atoms with Gasteiger partial charge in [-0.1, -0.05) is 42.5 Å². The van der Waals surface area contributed by atoms with Crippen LogP contribution in [0.2, 0.25) is 0 Å². The lowest BCUT2D eigenvalue weighted by Gasteiger charge is -2.36. The van der Waals surface area contributed by atoms with E-state index in [1.165, 1.54) is 4.90 Å². The Morgan fingerprint density at radius 2 is 1.86 bits per heavy atom. The van der Waals surface area contributed by atoms with Gasteiger partial charge in [-0.2, -0.15) is 8.42 Å². The number of likely N-dealkylation sites (N-methyl/N-ethyl adjacent to an activating group) is 1. The van der Waals surface area contributed by atoms with Gasteiger partial charge in [0, 0.05) is 13.0 Å². The van der Waals surface area contributed by atoms with Crippen LogP contribution < -0.4 is 14.2 Å². The minimum absolute atomic E-state index is 0.147. The normalized spacial score (nSPS) is 22.3. The largest absolute Gasteiger partial charge is 0.497 e. The number of ether oxygens (including phenoxy) is 1. The van der Waals surface area contributed by atoms with Crippen molar-refractivity contribution >= 4 is 38.9 Å². The molecule has 1 heterocycles. The molecule has 0 bridgehead atoms. The van der Waals surface area contributed by atoms with Crippen molar-refractivity contribution in [3.8, 4) is 11.5 Å². The fourth-order valence-electron chi connectivity index (χ4n) is 4.36. The van der Waals surface area contributed by atoms with Crippen molar-refractivity contribution in [3.63, 3.8) is 0 Å². The maximum absolute atomic E-state index is 13.7. The van der Waals surface area contributed by atoms with Gasteiger partial charge in [0.05, 0.1) is 12.4 Å². The first-order chi connectivity index (χ1) is 16.6. The van der Waals surface area contributed by atoms with Gasteiger partial charge in [0.25, 0.3) is 5.91 Å². The van der Waals surface area contributed by atoms with Crippen molar-refractivity contribution in [3.05, 3.63) is 77.9 Å². The van der Waals surface area contributed by atoms with E-state index in [1.807, 2.05) is 42.5 Å². The van der Waals surface area contributed by atoms with Crippen LogP contribution in [-0.4, -0.2) is 43.7 Å². The van der Waals surface area contributed by atoms with Crippen LogP contribution in [-0.2, 0) is 20.5 Å². The van der Waals surface area contributed by atoms with Crippen LogP contribution in [0, 0.1) is 5.92 Å². The Morgan fingerprint density at radius 3 is 2.51 bits per heavy atom. The van der Waals surface area contributed by atoms with E-state index in [0.29, 0.717) is 17.1 Å². The summed E-state index contributed by atoms with van der Waals surface area (Å²) >= 11 is 5.46. The standard InChI is InChI=1S/C26H28N2O5S2/c1-17(2)35(30,31)33-23-13-7-11-21(16-23)26(24(29)28(3)25(34)27-26)20-10-5-8-18(14-20)19-9-6-12-22(15-19)32-4/h5-13,15-17,20H,14H2,1-4H3,(H,27,34). The number of benzene rings is 2. The highest BCUT2D eigenvalue weighted by Gasteiger charge is 2.54. The molecule has 9 heteroatoms. The van der Waals surface area contributed by atoms with E-state index in [2.05, 4.69) is 5.32 Å². The Hall–Kier alpha value is -3.17. The van der Waals surface area contributed by atoms with Crippen molar-refractivity contribution in [2.45, 2.75) is 31.1 Å². The number of nitrogens with one attached hydrogen (secondary N) is 1. The van der Waals surface area contributed by atoms with Crippen LogP contribution in [0.3, 0.4) is 0 Å². The van der Waals surface area contributed by atoms with Crippen LogP contribution in [0.1, 0.15) is 31.4 Å². The molecular weight excluding hydrogens is 484 g/mol. The molecule has 1 saturated heterocycles. The molecule has 1 N–H and O–H groups in total. The number of allylic oxidation sites excluding steroid dienone is 3. The summed E-state index contributed by atoms with van der Waals surface area (Å²) in [4.78, 5) is 15.2. The number of carbonyl (C=O) groups excluding carboxylic acids is 1. The molecule has 0 aromatic heterocycles. The van der Waals surface area contributed by atoms with E-state index in [1.54, 1.807) is 52.3 Å². The summed E-state index contributed by atoms with van der Waals surface area (Å²) in [7, 11) is -0.542. The minimum Gasteiger partial charge on any atom is -0.497 e. The van der Waals surface area contributed by atoms with Crippen molar-refractivity contribution in [1.82, 2.24) is 10.2 Å². The zero-order chi connectivity index (χ0) is 25.4. The zero-order valence-corrected chi connectivity index (χ0v) is 21.7. The van der Waals surface area contributed by atoms with E-state index in [9.17, 15) is 13.2 Å². The summed E-state index contributed by atoms with van der Waals surface area (Å²) in [5, 5.41) is 2.86. The summed E-state index contributed by atoms with van der Waals surface area (Å²) in [6.07, 6.45) is 6.49. The molecule has 184 valence electrons. The van der Waals surface area contributed by atoms with Gasteiger partial charge in [0.15, 0.2) is 10.7 Å². The number of nitrogens with zero attached hydrogens (tertiary/aromatic N) is 1. The summed E-state index contributed by atoms with van der Waals surface area (Å²) in [5.74, 6) is 0.374. The van der Waals surface area contributed by atoms with Gasteiger partial charge in [-0.15, -0.1) is 0 Å². The lowest BCUT2D eigenvalue weighted by Crippen LogP contribution is -2.50. The zero-order valence-electron chi connectivity index (χ0n) is 20.0. The molecule has 4 rings (SSSR count). The summed E-state index contributed by atoms with van der Waals surface area (Å²) in [6, 6.07) is 14.4. The van der Waals surface area contributed by atoms with E-state index >= 15 is 0 Å². The molecule has 2 aromatic carbocycles. The van der Waals surface area contributed by atoms with Gasteiger partial charge in [-0.05, 0) is 73.5 Å². The molecule has 1 aliphatic carbocycles. The Morgan fingerprint density at radius 1 is 1.14 bits per heavy atom. The summed E-state index contributed by atoms with van der Waals surface area (Å²) in [5.41, 5.74) is 1.39. The fraction of sp³-hybridized carbons (Fsp3) is 0.308. The quantitative estimate of drug-likeness (QED) is 0.443. The van der Waals surface area contributed by atoms with Gasteiger partial charge in [0.1, 0.15) is 11.5 Å². The van der Waals surface area contributed by atoms with Gasteiger partial charge >= 0.3 is 10.1 Å². The average molecular weight is 513 g/mol. The first kappa shape index (κ1) is 24.9. The molecule has 2 aromatic rings. The molecule has 7 nitrogen and oxygen atoms in total. The summed E-state index contributed by atoms with van der Waals surface area (Å²) < 4.78 is 35.5. The predicted molar refractivity (Wildman–Crippen MR) is 140 cm³/mol. The third-order valence-electron chi connectivity index (χ3n) is 6.41. The molecule has 2 aliphatic rings. The van der Waals surface area contributed by atoms with E-state index in [-0.39, 0.29) is 17.6 Å². The molecule has 2 unspecified atom stereocenters. The van der Waals surface area contributed by atoms with E-state index in [0.717, 1.165) is 16.9 Å². The van der Waals surface area contributed by atoms with Gasteiger partial charge < -0.3 is 14.2 Å². The molecule has 1 aliphatic heterocycles. The van der Waals surface area contributed by atoms with Crippen molar-refractivity contribution in [2.24, 2.45) is 5.92 Å². The monoisotopic (exact) mass is 512 g/mol. The highest BCUT2D eigenvalue weighted by molar-refractivity contribution is 7.87. The maximum atomic E-state index is 13.7. The topological polar surface area (TPSA) is 84.9 Å². The molecule has 0 saturated carbocycles. The Labute approximate surface area is 211 Å². The number of rotatable bonds is 7. The SMILES string of the molecule is COc1cccc(C2=CC=CC(C3(c4cccc(OS(=O)(=O)C(C)C)c4)NC(=S)N(C)C3=O)C2)c1. The molecule has 1 fully saturated rings. The van der Waals surface area contributed by atoms with Crippen molar-refractivity contribution in [1.29, 1.82) is 0 Å². The van der Waals surface area contributed by atoms with Crippen LogP contribution >= 0.6 is 12.2 Å². The molecule has 1 amide bonds. The van der Waals surface area contributed by atoms with Crippen LogP contribution in [0.5, 0.6) is 11.5 Å². The van der Waals surface area contributed by atoms with E-state index in [4.69, 9.17) is 21.1 Å².